The number of carbonyl (C=O) groups excluding carboxylic acids is 1. The van der Waals surface area contributed by atoms with Crippen LogP contribution in [-0.2, 0) is 12.1 Å². The third-order valence-corrected chi connectivity index (χ3v) is 7.37. The topological polar surface area (TPSA) is 62.2 Å². The lowest BCUT2D eigenvalue weighted by molar-refractivity contribution is 0.239. The second-order valence-corrected chi connectivity index (χ2v) is 11.0. The van der Waals surface area contributed by atoms with Crippen LogP contribution in [0.4, 0.5) is 10.5 Å². The van der Waals surface area contributed by atoms with Crippen LogP contribution >= 0.6 is 0 Å². The van der Waals surface area contributed by atoms with Gasteiger partial charge >= 0.3 is 6.03 Å². The zero-order valence-electron chi connectivity index (χ0n) is 22.2. The number of aromatic nitrogens is 2. The summed E-state index contributed by atoms with van der Waals surface area (Å²) >= 11 is 0. The molecular weight excluding hydrogens is 434 g/mol. The van der Waals surface area contributed by atoms with Gasteiger partial charge in [0.05, 0.1) is 5.54 Å². The van der Waals surface area contributed by atoms with Crippen molar-refractivity contribution in [3.05, 3.63) is 59.4 Å². The van der Waals surface area contributed by atoms with E-state index in [1.54, 1.807) is 0 Å². The summed E-state index contributed by atoms with van der Waals surface area (Å²) in [5.41, 5.74) is 5.44. The van der Waals surface area contributed by atoms with Gasteiger partial charge in [-0.05, 0) is 67.6 Å². The molecule has 2 amide bonds. The van der Waals surface area contributed by atoms with Crippen LogP contribution in [0.5, 0.6) is 0 Å². The van der Waals surface area contributed by atoms with E-state index in [9.17, 15) is 4.79 Å². The number of nitrogens with one attached hydrogen (secondary N) is 2. The van der Waals surface area contributed by atoms with E-state index in [1.165, 1.54) is 22.1 Å². The lowest BCUT2D eigenvalue weighted by atomic mass is 9.92. The monoisotopic (exact) mass is 475 g/mol. The molecule has 4 rings (SSSR count). The average Bonchev–Trinajstić information content (AvgIpc) is 3.43. The number of fused-ring (bicyclic) bond motifs is 1. The Bertz CT molecular complexity index is 1140. The van der Waals surface area contributed by atoms with Gasteiger partial charge in [-0.15, -0.1) is 0 Å². The molecular formula is C29H41N5O. The van der Waals surface area contributed by atoms with Crippen LogP contribution in [0.3, 0.4) is 0 Å². The number of amides is 2. The van der Waals surface area contributed by atoms with E-state index in [1.807, 2.05) is 12.3 Å². The number of benzene rings is 1. The fraction of sp³-hybridized carbons (Fsp3) is 0.517. The second-order valence-electron chi connectivity index (χ2n) is 11.0. The molecule has 6 nitrogen and oxygen atoms in total. The molecule has 1 saturated carbocycles. The van der Waals surface area contributed by atoms with Gasteiger partial charge in [-0.2, -0.15) is 0 Å². The Morgan fingerprint density at radius 2 is 1.71 bits per heavy atom. The summed E-state index contributed by atoms with van der Waals surface area (Å²) in [4.78, 5) is 20.2. The number of urea groups is 1. The van der Waals surface area contributed by atoms with Gasteiger partial charge in [-0.1, -0.05) is 58.7 Å². The summed E-state index contributed by atoms with van der Waals surface area (Å²) in [6.07, 6.45) is 8.54. The molecule has 1 aromatic carbocycles. The first-order valence-corrected chi connectivity index (χ1v) is 13.0. The molecule has 0 radical (unpaired) electrons. The molecule has 2 N–H and O–H groups in total. The van der Waals surface area contributed by atoms with Crippen molar-refractivity contribution in [3.63, 3.8) is 0 Å². The van der Waals surface area contributed by atoms with Gasteiger partial charge in [0.1, 0.15) is 5.65 Å². The third kappa shape index (κ3) is 5.22. The summed E-state index contributed by atoms with van der Waals surface area (Å²) in [6, 6.07) is 10.4. The first-order valence-electron chi connectivity index (χ1n) is 13.0. The summed E-state index contributed by atoms with van der Waals surface area (Å²) in [6.45, 7) is 10.1. The van der Waals surface area contributed by atoms with Gasteiger partial charge in [0.15, 0.2) is 0 Å². The van der Waals surface area contributed by atoms with Crippen molar-refractivity contribution >= 4 is 22.8 Å². The van der Waals surface area contributed by atoms with E-state index in [2.05, 4.69) is 92.4 Å². The summed E-state index contributed by atoms with van der Waals surface area (Å²) in [5, 5.41) is 7.67. The van der Waals surface area contributed by atoms with Crippen molar-refractivity contribution < 1.29 is 4.79 Å². The number of para-hydroxylation sites is 1. The number of hydrogen-bond donors (Lipinski definition) is 2. The number of hydrogen-bond acceptors (Lipinski definition) is 3. The van der Waals surface area contributed by atoms with E-state index >= 15 is 0 Å². The zero-order valence-corrected chi connectivity index (χ0v) is 22.2. The van der Waals surface area contributed by atoms with E-state index in [0.29, 0.717) is 18.4 Å². The van der Waals surface area contributed by atoms with Gasteiger partial charge in [-0.25, -0.2) is 9.78 Å². The summed E-state index contributed by atoms with van der Waals surface area (Å²) in [7, 11) is 4.19. The SMILES string of the molecule is CC(C)c1cccc(C(C)C)c1NC(=O)NCC1(n2cc(CN(C)C)c3cccnc32)CCCC1. The van der Waals surface area contributed by atoms with Crippen molar-refractivity contribution in [2.75, 3.05) is 26.0 Å². The molecule has 0 spiro atoms. The fourth-order valence-electron chi connectivity index (χ4n) is 5.59. The van der Waals surface area contributed by atoms with Crippen LogP contribution in [0.25, 0.3) is 11.0 Å². The van der Waals surface area contributed by atoms with Crippen molar-refractivity contribution in [3.8, 4) is 0 Å². The Hall–Kier alpha value is -2.86. The van der Waals surface area contributed by atoms with Crippen molar-refractivity contribution in [1.29, 1.82) is 0 Å². The minimum atomic E-state index is -0.160. The van der Waals surface area contributed by atoms with Crippen LogP contribution in [0.15, 0.2) is 42.7 Å². The lowest BCUT2D eigenvalue weighted by Gasteiger charge is -2.32. The molecule has 0 atom stereocenters. The second kappa shape index (κ2) is 10.4. The Kier molecular flexibility index (Phi) is 7.50. The standard InChI is InChI=1S/C29H41N5O/c1-20(2)23-11-9-12-24(21(3)4)26(23)32-28(35)31-19-29(14-7-8-15-29)34-18-22(17-33(5)6)25-13-10-16-30-27(25)34/h9-13,16,18,20-21H,7-8,14-15,17,19H2,1-6H3,(H2,31,32,35). The maximum Gasteiger partial charge on any atom is 0.319 e. The first-order chi connectivity index (χ1) is 16.7. The highest BCUT2D eigenvalue weighted by Gasteiger charge is 2.37. The highest BCUT2D eigenvalue weighted by atomic mass is 16.2. The molecule has 35 heavy (non-hydrogen) atoms. The average molecular weight is 476 g/mol. The van der Waals surface area contributed by atoms with Gasteiger partial charge in [-0.3, -0.25) is 0 Å². The lowest BCUT2D eigenvalue weighted by Crippen LogP contribution is -2.44. The normalized spacial score (nSPS) is 15.5. The van der Waals surface area contributed by atoms with Crippen LogP contribution in [0.1, 0.15) is 81.9 Å². The predicted molar refractivity (Wildman–Crippen MR) is 145 cm³/mol. The largest absolute Gasteiger partial charge is 0.335 e. The molecule has 1 fully saturated rings. The molecule has 1 aliphatic carbocycles. The Balaban J connectivity index is 1.60. The van der Waals surface area contributed by atoms with Gasteiger partial charge in [0.25, 0.3) is 0 Å². The fourth-order valence-corrected chi connectivity index (χ4v) is 5.59. The van der Waals surface area contributed by atoms with Gasteiger partial charge in [0, 0.05) is 36.6 Å². The third-order valence-electron chi connectivity index (χ3n) is 7.37. The van der Waals surface area contributed by atoms with Crippen LogP contribution in [-0.4, -0.2) is 41.1 Å². The Morgan fingerprint density at radius 1 is 1.06 bits per heavy atom. The van der Waals surface area contributed by atoms with Crippen molar-refractivity contribution in [2.45, 2.75) is 77.3 Å². The molecule has 0 aliphatic heterocycles. The minimum absolute atomic E-state index is 0.135. The number of pyridine rings is 1. The highest BCUT2D eigenvalue weighted by Crippen LogP contribution is 2.39. The predicted octanol–water partition coefficient (Wildman–Crippen LogP) is 6.44. The number of nitrogens with zero attached hydrogens (tertiary/aromatic N) is 3. The molecule has 0 unspecified atom stereocenters. The quantitative estimate of drug-likeness (QED) is 0.394. The Labute approximate surface area is 210 Å². The van der Waals surface area contributed by atoms with Crippen LogP contribution < -0.4 is 10.6 Å². The number of rotatable bonds is 8. The molecule has 6 heteroatoms. The Morgan fingerprint density at radius 3 is 2.31 bits per heavy atom. The molecule has 188 valence electrons. The summed E-state index contributed by atoms with van der Waals surface area (Å²) in [5.74, 6) is 0.662. The molecule has 0 bridgehead atoms. The van der Waals surface area contributed by atoms with Crippen LogP contribution in [0, 0.1) is 0 Å². The zero-order chi connectivity index (χ0) is 25.2. The smallest absolute Gasteiger partial charge is 0.319 e. The van der Waals surface area contributed by atoms with Crippen molar-refractivity contribution in [1.82, 2.24) is 19.8 Å². The van der Waals surface area contributed by atoms with Crippen molar-refractivity contribution in [2.24, 2.45) is 0 Å². The molecule has 3 aromatic rings. The van der Waals surface area contributed by atoms with E-state index < -0.39 is 0 Å². The number of anilines is 1. The van der Waals surface area contributed by atoms with E-state index in [-0.39, 0.29) is 11.6 Å². The van der Waals surface area contributed by atoms with Gasteiger partial charge in [0.2, 0.25) is 0 Å². The molecule has 1 aliphatic rings. The van der Waals surface area contributed by atoms with Gasteiger partial charge < -0.3 is 20.1 Å². The summed E-state index contributed by atoms with van der Waals surface area (Å²) < 4.78 is 2.36. The molecule has 2 heterocycles. The maximum absolute atomic E-state index is 13.3. The highest BCUT2D eigenvalue weighted by molar-refractivity contribution is 5.91. The molecule has 0 saturated heterocycles. The maximum atomic E-state index is 13.3. The van der Waals surface area contributed by atoms with E-state index in [0.717, 1.165) is 43.6 Å². The number of carbonyl (C=O) groups is 1. The minimum Gasteiger partial charge on any atom is -0.335 e. The first kappa shape index (κ1) is 25.2. The van der Waals surface area contributed by atoms with E-state index in [4.69, 9.17) is 4.98 Å². The van der Waals surface area contributed by atoms with Crippen LogP contribution in [0.2, 0.25) is 0 Å². The molecule has 2 aromatic heterocycles.